The molecule has 1 aromatic carbocycles. The Morgan fingerprint density at radius 2 is 1.85 bits per heavy atom. The van der Waals surface area contributed by atoms with E-state index in [4.69, 9.17) is 0 Å². The zero-order valence-corrected chi connectivity index (χ0v) is 11.2. The van der Waals surface area contributed by atoms with Gasteiger partial charge in [-0.05, 0) is 31.0 Å². The Balaban J connectivity index is 1.80. The first-order valence-electron chi connectivity index (χ1n) is 6.88. The number of benzene rings is 1. The Bertz CT molecular complexity index is 577. The molecule has 3 rings (SSSR count). The lowest BCUT2D eigenvalue weighted by atomic mass is 10.1. The maximum Gasteiger partial charge on any atom is 0.131 e. The molecule has 2 aromatic rings. The predicted molar refractivity (Wildman–Crippen MR) is 77.1 cm³/mol. The van der Waals surface area contributed by atoms with Crippen LogP contribution in [-0.4, -0.2) is 29.3 Å². The molecule has 1 aliphatic rings. The van der Waals surface area contributed by atoms with E-state index in [1.54, 1.807) is 18.3 Å². The monoisotopic (exact) mass is 272 g/mol. The van der Waals surface area contributed by atoms with Crippen LogP contribution in [0.2, 0.25) is 0 Å². The van der Waals surface area contributed by atoms with Gasteiger partial charge >= 0.3 is 0 Å². The molecule has 0 radical (unpaired) electrons. The van der Waals surface area contributed by atoms with Crippen LogP contribution in [0.5, 0.6) is 0 Å². The minimum Gasteiger partial charge on any atom is -0.393 e. The van der Waals surface area contributed by atoms with Gasteiger partial charge in [0.2, 0.25) is 0 Å². The van der Waals surface area contributed by atoms with Crippen molar-refractivity contribution in [3.05, 3.63) is 48.4 Å². The Morgan fingerprint density at radius 3 is 2.50 bits per heavy atom. The first-order valence-corrected chi connectivity index (χ1v) is 6.88. The van der Waals surface area contributed by atoms with Crippen LogP contribution >= 0.6 is 0 Å². The van der Waals surface area contributed by atoms with Gasteiger partial charge in [0.05, 0.1) is 6.10 Å². The summed E-state index contributed by atoms with van der Waals surface area (Å²) >= 11 is 0. The molecule has 0 unspecified atom stereocenters. The molecule has 0 amide bonds. The molecule has 1 aromatic heterocycles. The van der Waals surface area contributed by atoms with Crippen LogP contribution in [0.1, 0.15) is 12.8 Å². The standard InChI is InChI=1S/C16H17FN2O/c17-15-4-2-1-3-14(15)12-5-6-16(18-11-12)19-9-7-13(20)8-10-19/h1-6,11,13,20H,7-10H2. The SMILES string of the molecule is OC1CCN(c2ccc(-c3ccccc3F)cn2)CC1. The molecule has 1 aliphatic heterocycles. The van der Waals surface area contributed by atoms with E-state index in [9.17, 15) is 9.50 Å². The van der Waals surface area contributed by atoms with Gasteiger partial charge in [0.25, 0.3) is 0 Å². The Kier molecular flexibility index (Phi) is 3.65. The minimum atomic E-state index is -0.233. The first-order chi connectivity index (χ1) is 9.74. The lowest BCUT2D eigenvalue weighted by Gasteiger charge is -2.30. The number of anilines is 1. The predicted octanol–water partition coefficient (Wildman–Crippen LogP) is 2.85. The number of rotatable bonds is 2. The Labute approximate surface area is 117 Å². The molecule has 1 saturated heterocycles. The van der Waals surface area contributed by atoms with Crippen LogP contribution in [0, 0.1) is 5.82 Å². The summed E-state index contributed by atoms with van der Waals surface area (Å²) in [6.45, 7) is 1.63. The van der Waals surface area contributed by atoms with Gasteiger partial charge in [0, 0.05) is 30.4 Å². The van der Waals surface area contributed by atoms with Crippen LogP contribution in [0.4, 0.5) is 10.2 Å². The fraction of sp³-hybridized carbons (Fsp3) is 0.312. The van der Waals surface area contributed by atoms with E-state index in [2.05, 4.69) is 9.88 Å². The quantitative estimate of drug-likeness (QED) is 0.913. The van der Waals surface area contributed by atoms with Crippen LogP contribution in [0.15, 0.2) is 42.6 Å². The van der Waals surface area contributed by atoms with Crippen LogP contribution < -0.4 is 4.90 Å². The first kappa shape index (κ1) is 13.1. The third-order valence-corrected chi connectivity index (χ3v) is 3.72. The zero-order valence-electron chi connectivity index (χ0n) is 11.2. The normalized spacial score (nSPS) is 16.4. The summed E-state index contributed by atoms with van der Waals surface area (Å²) in [5.74, 6) is 0.653. The van der Waals surface area contributed by atoms with Crippen LogP contribution in [-0.2, 0) is 0 Å². The molecule has 0 spiro atoms. The number of hydrogen-bond acceptors (Lipinski definition) is 3. The van der Waals surface area contributed by atoms with Gasteiger partial charge < -0.3 is 10.0 Å². The third kappa shape index (κ3) is 2.65. The van der Waals surface area contributed by atoms with Crippen molar-refractivity contribution < 1.29 is 9.50 Å². The van der Waals surface area contributed by atoms with E-state index in [0.717, 1.165) is 37.3 Å². The third-order valence-electron chi connectivity index (χ3n) is 3.72. The number of aromatic nitrogens is 1. The lowest BCUT2D eigenvalue weighted by molar-refractivity contribution is 0.145. The number of hydrogen-bond donors (Lipinski definition) is 1. The van der Waals surface area contributed by atoms with Gasteiger partial charge in [-0.1, -0.05) is 18.2 Å². The van der Waals surface area contributed by atoms with E-state index in [1.807, 2.05) is 18.2 Å². The maximum absolute atomic E-state index is 13.7. The van der Waals surface area contributed by atoms with Gasteiger partial charge in [-0.25, -0.2) is 9.37 Å². The van der Waals surface area contributed by atoms with Crippen LogP contribution in [0.25, 0.3) is 11.1 Å². The van der Waals surface area contributed by atoms with Gasteiger partial charge in [0.15, 0.2) is 0 Å². The second-order valence-corrected chi connectivity index (χ2v) is 5.10. The fourth-order valence-electron chi connectivity index (χ4n) is 2.52. The van der Waals surface area contributed by atoms with Gasteiger partial charge in [-0.15, -0.1) is 0 Å². The molecular formula is C16H17FN2O. The summed E-state index contributed by atoms with van der Waals surface area (Å²) in [7, 11) is 0. The average Bonchev–Trinajstić information content (AvgIpc) is 2.49. The van der Waals surface area contributed by atoms with Crippen molar-refractivity contribution in [2.45, 2.75) is 18.9 Å². The summed E-state index contributed by atoms with van der Waals surface area (Å²) in [5, 5.41) is 9.51. The minimum absolute atomic E-state index is 0.191. The fourth-order valence-corrected chi connectivity index (χ4v) is 2.52. The summed E-state index contributed by atoms with van der Waals surface area (Å²) < 4.78 is 13.7. The summed E-state index contributed by atoms with van der Waals surface area (Å²) in [4.78, 5) is 6.57. The van der Waals surface area contributed by atoms with E-state index >= 15 is 0 Å². The molecule has 1 N–H and O–H groups in total. The zero-order chi connectivity index (χ0) is 13.9. The molecule has 20 heavy (non-hydrogen) atoms. The van der Waals surface area contributed by atoms with E-state index < -0.39 is 0 Å². The highest BCUT2D eigenvalue weighted by Gasteiger charge is 2.18. The maximum atomic E-state index is 13.7. The molecule has 4 heteroatoms. The highest BCUT2D eigenvalue weighted by molar-refractivity contribution is 5.64. The van der Waals surface area contributed by atoms with E-state index in [1.165, 1.54) is 6.07 Å². The molecule has 0 saturated carbocycles. The topological polar surface area (TPSA) is 36.4 Å². The lowest BCUT2D eigenvalue weighted by Crippen LogP contribution is -2.36. The molecule has 2 heterocycles. The van der Waals surface area contributed by atoms with Gasteiger partial charge in [-0.3, -0.25) is 0 Å². The summed E-state index contributed by atoms with van der Waals surface area (Å²) in [6.07, 6.45) is 3.07. The molecule has 0 aliphatic carbocycles. The second-order valence-electron chi connectivity index (χ2n) is 5.10. The number of nitrogens with zero attached hydrogens (tertiary/aromatic N) is 2. The summed E-state index contributed by atoms with van der Waals surface area (Å²) in [5.41, 5.74) is 1.35. The van der Waals surface area contributed by atoms with Crippen molar-refractivity contribution in [1.82, 2.24) is 4.98 Å². The van der Waals surface area contributed by atoms with Crippen LogP contribution in [0.3, 0.4) is 0 Å². The Morgan fingerprint density at radius 1 is 1.10 bits per heavy atom. The number of pyridine rings is 1. The van der Waals surface area contributed by atoms with Crippen molar-refractivity contribution in [3.8, 4) is 11.1 Å². The molecule has 1 fully saturated rings. The molecular weight excluding hydrogens is 255 g/mol. The molecule has 3 nitrogen and oxygen atoms in total. The van der Waals surface area contributed by atoms with Gasteiger partial charge in [-0.2, -0.15) is 0 Å². The van der Waals surface area contributed by atoms with Crippen molar-refractivity contribution in [1.29, 1.82) is 0 Å². The van der Waals surface area contributed by atoms with Gasteiger partial charge in [0.1, 0.15) is 11.6 Å². The second kappa shape index (κ2) is 5.59. The van der Waals surface area contributed by atoms with Crippen molar-refractivity contribution >= 4 is 5.82 Å². The number of aliphatic hydroxyl groups excluding tert-OH is 1. The number of halogens is 1. The highest BCUT2D eigenvalue weighted by atomic mass is 19.1. The molecule has 0 bridgehead atoms. The number of aliphatic hydroxyl groups is 1. The average molecular weight is 272 g/mol. The number of piperidine rings is 1. The van der Waals surface area contributed by atoms with Crippen molar-refractivity contribution in [2.24, 2.45) is 0 Å². The molecule has 104 valence electrons. The smallest absolute Gasteiger partial charge is 0.131 e. The van der Waals surface area contributed by atoms with E-state index in [0.29, 0.717) is 5.56 Å². The van der Waals surface area contributed by atoms with Crippen molar-refractivity contribution in [3.63, 3.8) is 0 Å². The van der Waals surface area contributed by atoms with Crippen molar-refractivity contribution in [2.75, 3.05) is 18.0 Å². The molecule has 0 atom stereocenters. The summed E-state index contributed by atoms with van der Waals surface area (Å²) in [6, 6.07) is 10.5. The highest BCUT2D eigenvalue weighted by Crippen LogP contribution is 2.24. The Hall–Kier alpha value is -1.94. The van der Waals surface area contributed by atoms with E-state index in [-0.39, 0.29) is 11.9 Å². The largest absolute Gasteiger partial charge is 0.393 e.